The molecule has 0 fully saturated rings. The lowest BCUT2D eigenvalue weighted by molar-refractivity contribution is -0.123. The van der Waals surface area contributed by atoms with Crippen molar-refractivity contribution in [3.05, 3.63) is 82.8 Å². The molecular weight excluding hydrogens is 364 g/mol. The molecule has 0 saturated carbocycles. The Morgan fingerprint density at radius 3 is 2.74 bits per heavy atom. The van der Waals surface area contributed by atoms with Crippen molar-refractivity contribution < 1.29 is 13.9 Å². The van der Waals surface area contributed by atoms with Gasteiger partial charge in [0.15, 0.2) is 6.61 Å². The number of halogens is 1. The minimum atomic E-state index is -0.215. The molecule has 27 heavy (non-hydrogen) atoms. The summed E-state index contributed by atoms with van der Waals surface area (Å²) in [6.07, 6.45) is 3.32. The number of carbonyl (C=O) groups is 1. The Bertz CT molecular complexity index is 919. The third-order valence-electron chi connectivity index (χ3n) is 3.81. The molecule has 1 heterocycles. The number of nitrogens with zero attached hydrogens (tertiary/aromatic N) is 1. The average Bonchev–Trinajstić information content (AvgIpc) is 3.20. The molecule has 0 atom stereocenters. The van der Waals surface area contributed by atoms with E-state index in [1.807, 2.05) is 37.3 Å². The van der Waals surface area contributed by atoms with Crippen LogP contribution in [0.15, 0.2) is 70.3 Å². The van der Waals surface area contributed by atoms with E-state index in [2.05, 4.69) is 10.3 Å². The van der Waals surface area contributed by atoms with Crippen LogP contribution in [0.1, 0.15) is 16.9 Å². The molecule has 1 amide bonds. The number of hydrogen-bond donors (Lipinski definition) is 1. The lowest BCUT2D eigenvalue weighted by atomic mass is 10.2. The fourth-order valence-electron chi connectivity index (χ4n) is 2.26. The van der Waals surface area contributed by atoms with Gasteiger partial charge in [0.1, 0.15) is 11.5 Å². The molecule has 0 aliphatic carbocycles. The van der Waals surface area contributed by atoms with Gasteiger partial charge in [-0.3, -0.25) is 9.79 Å². The first-order valence-corrected chi connectivity index (χ1v) is 8.80. The number of aliphatic imine (C=N–C) groups is 1. The largest absolute Gasteiger partial charge is 0.484 e. The lowest BCUT2D eigenvalue weighted by Crippen LogP contribution is -2.28. The van der Waals surface area contributed by atoms with Crippen LogP contribution in [-0.4, -0.2) is 18.7 Å². The Morgan fingerprint density at radius 1 is 1.22 bits per heavy atom. The standard InChI is InChI=1S/C21H19ClN2O3/c1-15-4-7-17(11-20(15)22)23-12-16-5-8-18(9-6-16)27-14-21(25)24-13-19-3-2-10-26-19/h2-12H,13-14H2,1H3,(H,24,25). The molecule has 1 aromatic heterocycles. The number of rotatable bonds is 7. The first-order chi connectivity index (χ1) is 13.1. The molecule has 0 aliphatic heterocycles. The van der Waals surface area contributed by atoms with Crippen molar-refractivity contribution in [1.29, 1.82) is 0 Å². The van der Waals surface area contributed by atoms with Gasteiger partial charge in [0.05, 0.1) is 18.5 Å². The normalized spacial score (nSPS) is 10.9. The maximum absolute atomic E-state index is 11.8. The highest BCUT2D eigenvalue weighted by Crippen LogP contribution is 2.22. The molecule has 2 aromatic carbocycles. The SMILES string of the molecule is Cc1ccc(N=Cc2ccc(OCC(=O)NCc3ccco3)cc2)cc1Cl. The Balaban J connectivity index is 1.48. The Labute approximate surface area is 162 Å². The minimum absolute atomic E-state index is 0.0595. The molecule has 0 aliphatic rings. The van der Waals surface area contributed by atoms with E-state index < -0.39 is 0 Å². The smallest absolute Gasteiger partial charge is 0.258 e. The van der Waals surface area contributed by atoms with Gasteiger partial charge < -0.3 is 14.5 Å². The van der Waals surface area contributed by atoms with Crippen LogP contribution in [-0.2, 0) is 11.3 Å². The van der Waals surface area contributed by atoms with Crippen LogP contribution in [0, 0.1) is 6.92 Å². The van der Waals surface area contributed by atoms with E-state index >= 15 is 0 Å². The number of nitrogens with one attached hydrogen (secondary N) is 1. The highest BCUT2D eigenvalue weighted by Gasteiger charge is 2.04. The summed E-state index contributed by atoms with van der Waals surface area (Å²) in [6.45, 7) is 2.23. The Kier molecular flexibility index (Phi) is 6.28. The fraction of sp³-hybridized carbons (Fsp3) is 0.143. The van der Waals surface area contributed by atoms with Gasteiger partial charge in [-0.1, -0.05) is 17.7 Å². The van der Waals surface area contributed by atoms with Gasteiger partial charge in [-0.05, 0) is 66.6 Å². The van der Waals surface area contributed by atoms with Gasteiger partial charge in [0.25, 0.3) is 5.91 Å². The zero-order valence-corrected chi connectivity index (χ0v) is 15.6. The van der Waals surface area contributed by atoms with Gasteiger partial charge in [0, 0.05) is 11.2 Å². The van der Waals surface area contributed by atoms with Crippen molar-refractivity contribution in [2.45, 2.75) is 13.5 Å². The zero-order valence-electron chi connectivity index (χ0n) is 14.8. The van der Waals surface area contributed by atoms with E-state index in [9.17, 15) is 4.79 Å². The van der Waals surface area contributed by atoms with Crippen LogP contribution in [0.5, 0.6) is 5.75 Å². The Hall–Kier alpha value is -3.05. The Morgan fingerprint density at radius 2 is 2.04 bits per heavy atom. The van der Waals surface area contributed by atoms with E-state index in [-0.39, 0.29) is 12.5 Å². The molecule has 6 heteroatoms. The predicted molar refractivity (Wildman–Crippen MR) is 106 cm³/mol. The third-order valence-corrected chi connectivity index (χ3v) is 4.22. The van der Waals surface area contributed by atoms with Crippen molar-refractivity contribution in [1.82, 2.24) is 5.32 Å². The van der Waals surface area contributed by atoms with E-state index in [0.29, 0.717) is 23.1 Å². The van der Waals surface area contributed by atoms with E-state index in [1.165, 1.54) is 0 Å². The van der Waals surface area contributed by atoms with E-state index in [0.717, 1.165) is 16.8 Å². The predicted octanol–water partition coefficient (Wildman–Crippen LogP) is 4.69. The minimum Gasteiger partial charge on any atom is -0.484 e. The van der Waals surface area contributed by atoms with E-state index in [4.69, 9.17) is 20.8 Å². The topological polar surface area (TPSA) is 63.8 Å². The highest BCUT2D eigenvalue weighted by atomic mass is 35.5. The summed E-state index contributed by atoms with van der Waals surface area (Å²) >= 11 is 6.10. The van der Waals surface area contributed by atoms with Crippen LogP contribution in [0.25, 0.3) is 0 Å². The first kappa shape index (κ1) is 18.7. The molecule has 1 N–H and O–H groups in total. The quantitative estimate of drug-likeness (QED) is 0.603. The van der Waals surface area contributed by atoms with Crippen LogP contribution in [0.3, 0.4) is 0 Å². The average molecular weight is 383 g/mol. The third kappa shape index (κ3) is 5.72. The molecule has 5 nitrogen and oxygen atoms in total. The van der Waals surface area contributed by atoms with Crippen molar-refractivity contribution in [3.63, 3.8) is 0 Å². The molecule has 0 bridgehead atoms. The van der Waals surface area contributed by atoms with Crippen LogP contribution < -0.4 is 10.1 Å². The van der Waals surface area contributed by atoms with Gasteiger partial charge >= 0.3 is 0 Å². The van der Waals surface area contributed by atoms with E-state index in [1.54, 1.807) is 36.7 Å². The van der Waals surface area contributed by atoms with Crippen LogP contribution in [0.2, 0.25) is 5.02 Å². The van der Waals surface area contributed by atoms with Gasteiger partial charge in [-0.25, -0.2) is 0 Å². The summed E-state index contributed by atoms with van der Waals surface area (Å²) in [5, 5.41) is 3.42. The number of hydrogen-bond acceptors (Lipinski definition) is 4. The number of carbonyl (C=O) groups excluding carboxylic acids is 1. The number of ether oxygens (including phenoxy) is 1. The molecule has 0 spiro atoms. The fourth-order valence-corrected chi connectivity index (χ4v) is 2.43. The van der Waals surface area contributed by atoms with Gasteiger partial charge in [-0.2, -0.15) is 0 Å². The number of furan rings is 1. The molecule has 0 radical (unpaired) electrons. The molecule has 3 rings (SSSR count). The van der Waals surface area contributed by atoms with Gasteiger partial charge in [-0.15, -0.1) is 0 Å². The lowest BCUT2D eigenvalue weighted by Gasteiger charge is -2.06. The maximum Gasteiger partial charge on any atom is 0.258 e. The number of aryl methyl sites for hydroxylation is 1. The summed E-state index contributed by atoms with van der Waals surface area (Å²) in [5.41, 5.74) is 2.73. The van der Waals surface area contributed by atoms with Crippen molar-refractivity contribution in [2.75, 3.05) is 6.61 Å². The second-order valence-electron chi connectivity index (χ2n) is 5.91. The molecular formula is C21H19ClN2O3. The van der Waals surface area contributed by atoms with Crippen molar-refractivity contribution in [3.8, 4) is 5.75 Å². The second kappa shape index (κ2) is 9.05. The monoisotopic (exact) mass is 382 g/mol. The summed E-state index contributed by atoms with van der Waals surface area (Å²) in [7, 11) is 0. The van der Waals surface area contributed by atoms with Crippen LogP contribution in [0.4, 0.5) is 5.69 Å². The molecule has 3 aromatic rings. The highest BCUT2D eigenvalue weighted by molar-refractivity contribution is 6.31. The zero-order chi connectivity index (χ0) is 19.1. The summed E-state index contributed by atoms with van der Waals surface area (Å²) in [4.78, 5) is 16.2. The summed E-state index contributed by atoms with van der Waals surface area (Å²) in [6, 6.07) is 16.6. The summed E-state index contributed by atoms with van der Waals surface area (Å²) in [5.74, 6) is 1.09. The molecule has 0 saturated heterocycles. The number of amides is 1. The second-order valence-corrected chi connectivity index (χ2v) is 6.31. The van der Waals surface area contributed by atoms with Crippen molar-refractivity contribution in [2.24, 2.45) is 4.99 Å². The summed E-state index contributed by atoms with van der Waals surface area (Å²) < 4.78 is 10.6. The molecule has 138 valence electrons. The van der Waals surface area contributed by atoms with Crippen molar-refractivity contribution >= 4 is 29.4 Å². The first-order valence-electron chi connectivity index (χ1n) is 8.42. The van der Waals surface area contributed by atoms with Gasteiger partial charge in [0.2, 0.25) is 0 Å². The maximum atomic E-state index is 11.8. The van der Waals surface area contributed by atoms with Crippen LogP contribution >= 0.6 is 11.6 Å². The molecule has 0 unspecified atom stereocenters. The number of benzene rings is 2.